The van der Waals surface area contributed by atoms with E-state index in [1.54, 1.807) is 19.3 Å². The molecule has 0 aliphatic heterocycles. The maximum atomic E-state index is 12.4. The minimum atomic E-state index is -0.416. The van der Waals surface area contributed by atoms with Gasteiger partial charge in [-0.15, -0.1) is 0 Å². The van der Waals surface area contributed by atoms with Crippen LogP contribution < -0.4 is 4.90 Å². The monoisotopic (exact) mass is 362 g/mol. The van der Waals surface area contributed by atoms with Crippen LogP contribution in [0.25, 0.3) is 11.4 Å². The van der Waals surface area contributed by atoms with Gasteiger partial charge in [0.05, 0.1) is 6.61 Å². The molecule has 3 aromatic rings. The van der Waals surface area contributed by atoms with E-state index < -0.39 is 5.97 Å². The molecular weight excluding hydrogens is 340 g/mol. The first-order valence-electron chi connectivity index (χ1n) is 8.88. The number of likely N-dealkylation sites (N-methyl/N-ethyl adjacent to an activating group) is 1. The average Bonchev–Trinajstić information content (AvgIpc) is 2.73. The number of hydrogen-bond donors (Lipinski definition) is 0. The summed E-state index contributed by atoms with van der Waals surface area (Å²) in [5.41, 5.74) is 2.44. The SMILES string of the molecule is CCOC(=O)c1cnc(-c2ccncc2)nc1N(C)CCc1ccccc1. The topological polar surface area (TPSA) is 68.2 Å². The van der Waals surface area contributed by atoms with Crippen molar-refractivity contribution in [2.75, 3.05) is 25.1 Å². The zero-order chi connectivity index (χ0) is 19.1. The molecule has 0 aliphatic rings. The van der Waals surface area contributed by atoms with Crippen molar-refractivity contribution < 1.29 is 9.53 Å². The van der Waals surface area contributed by atoms with Crippen molar-refractivity contribution in [3.63, 3.8) is 0 Å². The van der Waals surface area contributed by atoms with Crippen LogP contribution in [0, 0.1) is 0 Å². The van der Waals surface area contributed by atoms with Gasteiger partial charge in [0.15, 0.2) is 5.82 Å². The Labute approximate surface area is 158 Å². The lowest BCUT2D eigenvalue weighted by molar-refractivity contribution is 0.0526. The van der Waals surface area contributed by atoms with E-state index in [9.17, 15) is 4.79 Å². The summed E-state index contributed by atoms with van der Waals surface area (Å²) in [6.07, 6.45) is 5.76. The van der Waals surface area contributed by atoms with E-state index in [2.05, 4.69) is 27.1 Å². The first-order chi connectivity index (χ1) is 13.2. The number of anilines is 1. The van der Waals surface area contributed by atoms with Gasteiger partial charge >= 0.3 is 5.97 Å². The Morgan fingerprint density at radius 1 is 1.11 bits per heavy atom. The number of aromatic nitrogens is 3. The maximum Gasteiger partial charge on any atom is 0.343 e. The molecule has 0 radical (unpaired) electrons. The molecule has 0 unspecified atom stereocenters. The summed E-state index contributed by atoms with van der Waals surface area (Å²) >= 11 is 0. The predicted molar refractivity (Wildman–Crippen MR) is 105 cm³/mol. The number of carbonyl (C=O) groups is 1. The van der Waals surface area contributed by atoms with Crippen LogP contribution in [-0.4, -0.2) is 41.1 Å². The van der Waals surface area contributed by atoms with Gasteiger partial charge in [0, 0.05) is 37.7 Å². The molecule has 0 N–H and O–H groups in total. The molecule has 138 valence electrons. The summed E-state index contributed by atoms with van der Waals surface area (Å²) in [5, 5.41) is 0. The normalized spacial score (nSPS) is 10.4. The van der Waals surface area contributed by atoms with E-state index in [-0.39, 0.29) is 0 Å². The quantitative estimate of drug-likeness (QED) is 0.600. The largest absolute Gasteiger partial charge is 0.462 e. The fourth-order valence-electron chi connectivity index (χ4n) is 2.70. The zero-order valence-corrected chi connectivity index (χ0v) is 15.5. The highest BCUT2D eigenvalue weighted by Gasteiger charge is 2.19. The Hall–Kier alpha value is -3.28. The van der Waals surface area contributed by atoms with Gasteiger partial charge in [0.1, 0.15) is 11.4 Å². The summed E-state index contributed by atoms with van der Waals surface area (Å²) < 4.78 is 5.17. The Balaban J connectivity index is 1.90. The fourth-order valence-corrected chi connectivity index (χ4v) is 2.70. The first kappa shape index (κ1) is 18.5. The second-order valence-corrected chi connectivity index (χ2v) is 6.04. The highest BCUT2D eigenvalue weighted by molar-refractivity contribution is 5.94. The van der Waals surface area contributed by atoms with Crippen LogP contribution in [0.3, 0.4) is 0 Å². The number of hydrogen-bond acceptors (Lipinski definition) is 6. The third kappa shape index (κ3) is 4.67. The second kappa shape index (κ2) is 8.89. The molecule has 6 heteroatoms. The van der Waals surface area contributed by atoms with Gasteiger partial charge in [0.25, 0.3) is 0 Å². The lowest BCUT2D eigenvalue weighted by Gasteiger charge is -2.21. The van der Waals surface area contributed by atoms with E-state index in [0.717, 1.165) is 12.0 Å². The summed E-state index contributed by atoms with van der Waals surface area (Å²) in [7, 11) is 1.92. The number of rotatable bonds is 7. The van der Waals surface area contributed by atoms with E-state index in [4.69, 9.17) is 4.74 Å². The Kier molecular flexibility index (Phi) is 6.10. The minimum Gasteiger partial charge on any atom is -0.462 e. The van der Waals surface area contributed by atoms with Crippen molar-refractivity contribution in [3.05, 3.63) is 72.2 Å². The highest BCUT2D eigenvalue weighted by atomic mass is 16.5. The minimum absolute atomic E-state index is 0.304. The van der Waals surface area contributed by atoms with Gasteiger partial charge in [-0.2, -0.15) is 0 Å². The number of benzene rings is 1. The van der Waals surface area contributed by atoms with Crippen LogP contribution in [0.1, 0.15) is 22.8 Å². The zero-order valence-electron chi connectivity index (χ0n) is 15.5. The van der Waals surface area contributed by atoms with Gasteiger partial charge in [-0.25, -0.2) is 14.8 Å². The van der Waals surface area contributed by atoms with Crippen molar-refractivity contribution in [3.8, 4) is 11.4 Å². The van der Waals surface area contributed by atoms with Crippen LogP contribution >= 0.6 is 0 Å². The molecule has 2 aromatic heterocycles. The lowest BCUT2D eigenvalue weighted by atomic mass is 10.1. The lowest BCUT2D eigenvalue weighted by Crippen LogP contribution is -2.25. The van der Waals surface area contributed by atoms with Gasteiger partial charge in [-0.1, -0.05) is 30.3 Å². The summed E-state index contributed by atoms with van der Waals surface area (Å²) in [6.45, 7) is 2.80. The number of ether oxygens (including phenoxy) is 1. The van der Waals surface area contributed by atoms with Crippen LogP contribution in [-0.2, 0) is 11.2 Å². The Morgan fingerprint density at radius 3 is 2.56 bits per heavy atom. The van der Waals surface area contributed by atoms with Crippen molar-refractivity contribution in [1.82, 2.24) is 15.0 Å². The summed E-state index contributed by atoms with van der Waals surface area (Å²) in [4.78, 5) is 27.3. The van der Waals surface area contributed by atoms with Gasteiger partial charge in [-0.3, -0.25) is 4.98 Å². The molecule has 2 heterocycles. The van der Waals surface area contributed by atoms with Gasteiger partial charge in [-0.05, 0) is 31.0 Å². The van der Waals surface area contributed by atoms with Gasteiger partial charge in [0.2, 0.25) is 0 Å². The van der Waals surface area contributed by atoms with E-state index in [0.29, 0.717) is 30.4 Å². The number of nitrogens with zero attached hydrogens (tertiary/aromatic N) is 4. The Morgan fingerprint density at radius 2 is 1.85 bits per heavy atom. The molecular formula is C21H22N4O2. The number of esters is 1. The van der Waals surface area contributed by atoms with Crippen LogP contribution in [0.2, 0.25) is 0 Å². The molecule has 0 aliphatic carbocycles. The smallest absolute Gasteiger partial charge is 0.343 e. The standard InChI is InChI=1S/C21H22N4O2/c1-3-27-21(26)18-15-23-19(17-9-12-22-13-10-17)24-20(18)25(2)14-11-16-7-5-4-6-8-16/h4-10,12-13,15H,3,11,14H2,1-2H3. The summed E-state index contributed by atoms with van der Waals surface area (Å²) in [6, 6.07) is 13.9. The molecule has 0 bridgehead atoms. The third-order valence-electron chi connectivity index (χ3n) is 4.14. The molecule has 1 aromatic carbocycles. The second-order valence-electron chi connectivity index (χ2n) is 6.04. The van der Waals surface area contributed by atoms with Crippen LogP contribution in [0.5, 0.6) is 0 Å². The number of pyridine rings is 1. The van der Waals surface area contributed by atoms with Gasteiger partial charge < -0.3 is 9.64 Å². The molecule has 0 saturated carbocycles. The molecule has 6 nitrogen and oxygen atoms in total. The van der Waals surface area contributed by atoms with Crippen molar-refractivity contribution in [2.24, 2.45) is 0 Å². The molecule has 0 amide bonds. The van der Waals surface area contributed by atoms with E-state index in [1.165, 1.54) is 11.8 Å². The summed E-state index contributed by atoms with van der Waals surface area (Å²) in [5.74, 6) is 0.693. The molecule has 0 fully saturated rings. The molecule has 0 saturated heterocycles. The highest BCUT2D eigenvalue weighted by Crippen LogP contribution is 2.22. The van der Waals surface area contributed by atoms with Crippen LogP contribution in [0.15, 0.2) is 61.1 Å². The van der Waals surface area contributed by atoms with Crippen LogP contribution in [0.4, 0.5) is 5.82 Å². The van der Waals surface area contributed by atoms with E-state index in [1.807, 2.05) is 42.3 Å². The van der Waals surface area contributed by atoms with Crippen molar-refractivity contribution >= 4 is 11.8 Å². The Bertz CT molecular complexity index is 885. The molecule has 3 rings (SSSR count). The molecule has 27 heavy (non-hydrogen) atoms. The van der Waals surface area contributed by atoms with E-state index >= 15 is 0 Å². The fraction of sp³-hybridized carbons (Fsp3) is 0.238. The van der Waals surface area contributed by atoms with Crippen molar-refractivity contribution in [2.45, 2.75) is 13.3 Å². The average molecular weight is 362 g/mol. The van der Waals surface area contributed by atoms with Crippen molar-refractivity contribution in [1.29, 1.82) is 0 Å². The maximum absolute atomic E-state index is 12.4. The predicted octanol–water partition coefficient (Wildman–Crippen LogP) is 3.39. The molecule has 0 atom stereocenters. The third-order valence-corrected chi connectivity index (χ3v) is 4.14. The first-order valence-corrected chi connectivity index (χ1v) is 8.88. The molecule has 0 spiro atoms. The number of carbonyl (C=O) groups excluding carboxylic acids is 1.